The van der Waals surface area contributed by atoms with Crippen molar-refractivity contribution in [2.75, 3.05) is 0 Å². The maximum atomic E-state index is 13.3. The molecule has 8 heteroatoms. The molecule has 0 amide bonds. The average Bonchev–Trinajstić information content (AvgIpc) is 2.80. The second kappa shape index (κ2) is 9.46. The highest BCUT2D eigenvalue weighted by Gasteiger charge is 2.19. The Bertz CT molecular complexity index is 1410. The van der Waals surface area contributed by atoms with Gasteiger partial charge in [-0.2, -0.15) is 4.98 Å². The minimum atomic E-state index is -0.255. The molecule has 0 saturated carbocycles. The Morgan fingerprint density at radius 2 is 1.76 bits per heavy atom. The summed E-state index contributed by atoms with van der Waals surface area (Å²) in [4.78, 5) is 31.4. The summed E-state index contributed by atoms with van der Waals surface area (Å²) in [5.74, 6) is 1.51. The van der Waals surface area contributed by atoms with Gasteiger partial charge in [0, 0.05) is 22.9 Å². The van der Waals surface area contributed by atoms with Crippen LogP contribution in [0.4, 0.5) is 0 Å². The fourth-order valence-corrected chi connectivity index (χ4v) is 3.87. The van der Waals surface area contributed by atoms with Crippen LogP contribution in [0.15, 0.2) is 64.0 Å². The molecule has 0 saturated heterocycles. The summed E-state index contributed by atoms with van der Waals surface area (Å²) in [5.41, 5.74) is 3.62. The molecule has 0 spiro atoms. The third-order valence-corrected chi connectivity index (χ3v) is 5.87. The maximum absolute atomic E-state index is 13.3. The average molecular weight is 520 g/mol. The Labute approximate surface area is 207 Å². The molecule has 0 atom stereocenters. The topological polar surface area (TPSA) is 82.8 Å². The predicted molar refractivity (Wildman–Crippen MR) is 135 cm³/mol. The number of nitrogens with zero attached hydrogens (tertiary/aromatic N) is 5. The second-order valence-corrected chi connectivity index (χ2v) is 9.84. The van der Waals surface area contributed by atoms with Crippen LogP contribution in [-0.4, -0.2) is 24.5 Å². The van der Waals surface area contributed by atoms with Gasteiger partial charge in [0.05, 0.1) is 17.1 Å². The van der Waals surface area contributed by atoms with Crippen LogP contribution < -0.4 is 10.3 Å². The van der Waals surface area contributed by atoms with Crippen LogP contribution in [0.1, 0.15) is 43.8 Å². The molecule has 0 bridgehead atoms. The Morgan fingerprint density at radius 1 is 1.00 bits per heavy atom. The molecule has 0 radical (unpaired) electrons. The van der Waals surface area contributed by atoms with Crippen LogP contribution in [0.25, 0.3) is 16.9 Å². The molecule has 0 aliphatic carbocycles. The number of aryl methyl sites for hydroxylation is 2. The molecule has 0 fully saturated rings. The van der Waals surface area contributed by atoms with E-state index in [1.807, 2.05) is 55.5 Å². The number of aromatic nitrogens is 5. The number of pyridine rings is 1. The smallest absolute Gasteiger partial charge is 0.276 e. The van der Waals surface area contributed by atoms with Gasteiger partial charge in [0.1, 0.15) is 22.7 Å². The summed E-state index contributed by atoms with van der Waals surface area (Å²) in [6.45, 7) is 10.1. The minimum Gasteiger partial charge on any atom is -0.470 e. The van der Waals surface area contributed by atoms with E-state index in [-0.39, 0.29) is 27.9 Å². The van der Waals surface area contributed by atoms with Crippen LogP contribution in [-0.2, 0) is 12.0 Å². The molecule has 3 aromatic heterocycles. The molecule has 4 rings (SSSR count). The first-order valence-electron chi connectivity index (χ1n) is 10.9. The van der Waals surface area contributed by atoms with Crippen molar-refractivity contribution in [3.05, 3.63) is 92.6 Å². The number of halogens is 1. The van der Waals surface area contributed by atoms with E-state index in [0.717, 1.165) is 28.5 Å². The van der Waals surface area contributed by atoms with E-state index >= 15 is 0 Å². The van der Waals surface area contributed by atoms with Gasteiger partial charge in [-0.1, -0.05) is 39.0 Å². The first-order valence-corrected chi connectivity index (χ1v) is 11.7. The molecule has 4 aromatic rings. The molecular weight excluding hydrogens is 494 g/mol. The molecule has 3 heterocycles. The standard InChI is InChI=1S/C26H26BrN5O2/c1-16-8-6-10-19(29-16)15-34-23-22(27)24(33)32(17(2)30-23)20-11-7-9-18(14-20)21-12-13-28-25(31-21)26(3,4)5/h6-14H,15H2,1-5H3. The zero-order chi connectivity index (χ0) is 24.5. The molecule has 34 heavy (non-hydrogen) atoms. The number of hydrogen-bond donors (Lipinski definition) is 0. The van der Waals surface area contributed by atoms with Crippen LogP contribution in [0.2, 0.25) is 0 Å². The number of rotatable bonds is 5. The van der Waals surface area contributed by atoms with Crippen molar-refractivity contribution in [3.63, 3.8) is 0 Å². The summed E-state index contributed by atoms with van der Waals surface area (Å²) in [6, 6.07) is 15.2. The Kier molecular flexibility index (Phi) is 6.61. The molecule has 0 N–H and O–H groups in total. The maximum Gasteiger partial charge on any atom is 0.276 e. The molecule has 174 valence electrons. The van der Waals surface area contributed by atoms with Gasteiger partial charge in [-0.05, 0) is 60.1 Å². The van der Waals surface area contributed by atoms with Gasteiger partial charge in [0.15, 0.2) is 0 Å². The summed E-state index contributed by atoms with van der Waals surface area (Å²) in [6.07, 6.45) is 1.76. The van der Waals surface area contributed by atoms with Gasteiger partial charge in [0.2, 0.25) is 5.88 Å². The number of benzene rings is 1. The van der Waals surface area contributed by atoms with Crippen molar-refractivity contribution in [2.45, 2.75) is 46.6 Å². The quantitative estimate of drug-likeness (QED) is 0.353. The molecule has 0 aliphatic heterocycles. The molecule has 1 aromatic carbocycles. The predicted octanol–water partition coefficient (Wildman–Crippen LogP) is 5.34. The van der Waals surface area contributed by atoms with E-state index in [1.54, 1.807) is 17.7 Å². The molecule has 0 unspecified atom stereocenters. The van der Waals surface area contributed by atoms with Crippen LogP contribution >= 0.6 is 15.9 Å². The van der Waals surface area contributed by atoms with E-state index in [4.69, 9.17) is 9.72 Å². The highest BCUT2D eigenvalue weighted by atomic mass is 79.9. The Hall–Kier alpha value is -3.39. The normalized spacial score (nSPS) is 11.5. The molecule has 0 aliphatic rings. The first-order chi connectivity index (χ1) is 16.1. The fraction of sp³-hybridized carbons (Fsp3) is 0.269. The summed E-state index contributed by atoms with van der Waals surface area (Å²) in [7, 11) is 0. The number of hydrogen-bond acceptors (Lipinski definition) is 6. The monoisotopic (exact) mass is 519 g/mol. The lowest BCUT2D eigenvalue weighted by molar-refractivity contribution is 0.284. The lowest BCUT2D eigenvalue weighted by atomic mass is 9.95. The van der Waals surface area contributed by atoms with E-state index in [2.05, 4.69) is 51.7 Å². The minimum absolute atomic E-state index is 0.167. The third-order valence-electron chi connectivity index (χ3n) is 5.19. The highest BCUT2D eigenvalue weighted by Crippen LogP contribution is 2.25. The van der Waals surface area contributed by atoms with Crippen LogP contribution in [0.5, 0.6) is 5.88 Å². The van der Waals surface area contributed by atoms with Gasteiger partial charge in [0.25, 0.3) is 5.56 Å². The van der Waals surface area contributed by atoms with Crippen molar-refractivity contribution in [1.29, 1.82) is 0 Å². The van der Waals surface area contributed by atoms with Gasteiger partial charge in [-0.25, -0.2) is 9.97 Å². The third kappa shape index (κ3) is 5.07. The zero-order valence-corrected chi connectivity index (χ0v) is 21.4. The number of ether oxygens (including phenoxy) is 1. The van der Waals surface area contributed by atoms with E-state index in [0.29, 0.717) is 11.5 Å². The van der Waals surface area contributed by atoms with Crippen molar-refractivity contribution in [1.82, 2.24) is 24.5 Å². The highest BCUT2D eigenvalue weighted by molar-refractivity contribution is 9.10. The van der Waals surface area contributed by atoms with Gasteiger partial charge in [-0.3, -0.25) is 14.3 Å². The van der Waals surface area contributed by atoms with Crippen molar-refractivity contribution >= 4 is 15.9 Å². The first kappa shape index (κ1) is 23.8. The summed E-state index contributed by atoms with van der Waals surface area (Å²) < 4.78 is 7.63. The lowest BCUT2D eigenvalue weighted by Crippen LogP contribution is -2.24. The Balaban J connectivity index is 1.68. The molecule has 7 nitrogen and oxygen atoms in total. The summed E-state index contributed by atoms with van der Waals surface area (Å²) in [5, 5.41) is 0. The Morgan fingerprint density at radius 3 is 2.50 bits per heavy atom. The van der Waals surface area contributed by atoms with E-state index < -0.39 is 0 Å². The lowest BCUT2D eigenvalue weighted by Gasteiger charge is -2.17. The molecular formula is C26H26BrN5O2. The van der Waals surface area contributed by atoms with Crippen molar-refractivity contribution in [3.8, 4) is 22.8 Å². The second-order valence-electron chi connectivity index (χ2n) is 9.04. The van der Waals surface area contributed by atoms with Gasteiger partial charge in [-0.15, -0.1) is 0 Å². The zero-order valence-electron chi connectivity index (χ0n) is 19.8. The fourth-order valence-electron chi connectivity index (χ4n) is 3.49. The van der Waals surface area contributed by atoms with Crippen LogP contribution in [0.3, 0.4) is 0 Å². The van der Waals surface area contributed by atoms with Gasteiger partial charge < -0.3 is 4.74 Å². The van der Waals surface area contributed by atoms with Crippen LogP contribution in [0, 0.1) is 13.8 Å². The van der Waals surface area contributed by atoms with E-state index in [9.17, 15) is 4.79 Å². The van der Waals surface area contributed by atoms with E-state index in [1.165, 1.54) is 0 Å². The van der Waals surface area contributed by atoms with Gasteiger partial charge >= 0.3 is 0 Å². The van der Waals surface area contributed by atoms with Crippen molar-refractivity contribution in [2.24, 2.45) is 0 Å². The largest absolute Gasteiger partial charge is 0.470 e. The van der Waals surface area contributed by atoms with Crippen molar-refractivity contribution < 1.29 is 4.74 Å². The summed E-state index contributed by atoms with van der Waals surface area (Å²) >= 11 is 3.38. The SMILES string of the molecule is Cc1cccc(COc2nc(C)n(-c3cccc(-c4ccnc(C(C)(C)C)n4)c3)c(=O)c2Br)n1.